The minimum absolute atomic E-state index is 0.0895. The van der Waals surface area contributed by atoms with Gasteiger partial charge in [0.2, 0.25) is 0 Å². The van der Waals surface area contributed by atoms with E-state index in [1.165, 1.54) is 12.0 Å². The lowest BCUT2D eigenvalue weighted by molar-refractivity contribution is 0.0938. The van der Waals surface area contributed by atoms with Crippen LogP contribution in [0.4, 0.5) is 11.4 Å². The summed E-state index contributed by atoms with van der Waals surface area (Å²) in [6.45, 7) is 8.06. The lowest BCUT2D eigenvalue weighted by atomic mass is 10.0. The third-order valence-electron chi connectivity index (χ3n) is 5.81. The zero-order valence-corrected chi connectivity index (χ0v) is 18.3. The lowest BCUT2D eigenvalue weighted by Crippen LogP contribution is -2.35. The molecule has 1 aliphatic rings. The van der Waals surface area contributed by atoms with Crippen LogP contribution in [0, 0.1) is 0 Å². The number of rotatable bonds is 7. The fraction of sp³-hybridized carbons (Fsp3) is 0.440. The maximum Gasteiger partial charge on any atom is 0.255 e. The van der Waals surface area contributed by atoms with Crippen LogP contribution in [-0.4, -0.2) is 30.9 Å². The van der Waals surface area contributed by atoms with E-state index < -0.39 is 0 Å². The first-order chi connectivity index (χ1) is 14.5. The number of nitrogens with one attached hydrogen (secondary N) is 2. The van der Waals surface area contributed by atoms with Gasteiger partial charge in [-0.2, -0.15) is 0 Å². The quantitative estimate of drug-likeness (QED) is 0.677. The van der Waals surface area contributed by atoms with Crippen LogP contribution in [0.5, 0.6) is 0 Å². The Morgan fingerprint density at radius 2 is 1.67 bits per heavy atom. The Hall–Kier alpha value is -2.82. The fourth-order valence-corrected chi connectivity index (χ4v) is 3.70. The van der Waals surface area contributed by atoms with Crippen molar-refractivity contribution in [3.63, 3.8) is 0 Å². The first-order valence-corrected chi connectivity index (χ1v) is 11.1. The van der Waals surface area contributed by atoms with Crippen molar-refractivity contribution in [2.24, 2.45) is 0 Å². The standard InChI is InChI=1S/C25H33N3O2/c1-4-18(3)26-25(30)22-17-21(13-14-23(22)28-15-7-6-8-16-28)27-24(29)20-11-9-19(5-2)10-12-20/h9-14,17-18H,4-8,15-16H2,1-3H3,(H,26,30)(H,27,29)/t18-/m1/s1. The van der Waals surface area contributed by atoms with E-state index in [-0.39, 0.29) is 17.9 Å². The zero-order chi connectivity index (χ0) is 21.5. The summed E-state index contributed by atoms with van der Waals surface area (Å²) >= 11 is 0. The Kier molecular flexibility index (Phi) is 7.50. The Morgan fingerprint density at radius 3 is 2.30 bits per heavy atom. The highest BCUT2D eigenvalue weighted by Crippen LogP contribution is 2.27. The van der Waals surface area contributed by atoms with Gasteiger partial charge in [0.1, 0.15) is 0 Å². The molecule has 1 aliphatic heterocycles. The maximum atomic E-state index is 13.0. The maximum absolute atomic E-state index is 13.0. The summed E-state index contributed by atoms with van der Waals surface area (Å²) in [6.07, 6.45) is 5.32. The van der Waals surface area contributed by atoms with Crippen LogP contribution in [0.3, 0.4) is 0 Å². The third kappa shape index (κ3) is 5.41. The molecular weight excluding hydrogens is 374 g/mol. The largest absolute Gasteiger partial charge is 0.371 e. The highest BCUT2D eigenvalue weighted by Gasteiger charge is 2.20. The van der Waals surface area contributed by atoms with Gasteiger partial charge in [-0.1, -0.05) is 26.0 Å². The van der Waals surface area contributed by atoms with Crippen LogP contribution in [0.2, 0.25) is 0 Å². The molecule has 0 saturated carbocycles. The van der Waals surface area contributed by atoms with Gasteiger partial charge >= 0.3 is 0 Å². The predicted molar refractivity (Wildman–Crippen MR) is 123 cm³/mol. The van der Waals surface area contributed by atoms with E-state index in [9.17, 15) is 9.59 Å². The van der Waals surface area contributed by atoms with Crippen LogP contribution in [0.25, 0.3) is 0 Å². The van der Waals surface area contributed by atoms with Gasteiger partial charge in [-0.15, -0.1) is 0 Å². The molecule has 2 aromatic rings. The Labute approximate surface area is 179 Å². The number of nitrogens with zero attached hydrogens (tertiary/aromatic N) is 1. The van der Waals surface area contributed by atoms with Crippen molar-refractivity contribution in [1.29, 1.82) is 0 Å². The number of carbonyl (C=O) groups is 2. The summed E-state index contributed by atoms with van der Waals surface area (Å²) in [6, 6.07) is 13.4. The average Bonchev–Trinajstić information content (AvgIpc) is 2.79. The summed E-state index contributed by atoms with van der Waals surface area (Å²) in [4.78, 5) is 28.0. The normalized spacial score (nSPS) is 14.8. The Bertz CT molecular complexity index is 870. The number of amides is 2. The van der Waals surface area contributed by atoms with E-state index in [4.69, 9.17) is 0 Å². The first kappa shape index (κ1) is 21.9. The molecule has 0 radical (unpaired) electrons. The molecule has 5 heteroatoms. The summed E-state index contributed by atoms with van der Waals surface area (Å²) < 4.78 is 0. The van der Waals surface area contributed by atoms with Crippen LogP contribution >= 0.6 is 0 Å². The van der Waals surface area contributed by atoms with Gasteiger partial charge in [0.05, 0.1) is 5.56 Å². The summed E-state index contributed by atoms with van der Waals surface area (Å²) in [5.41, 5.74) is 4.01. The first-order valence-electron chi connectivity index (χ1n) is 11.1. The zero-order valence-electron chi connectivity index (χ0n) is 18.3. The number of aryl methyl sites for hydroxylation is 1. The van der Waals surface area contributed by atoms with Gasteiger partial charge in [0.15, 0.2) is 0 Å². The molecule has 30 heavy (non-hydrogen) atoms. The second kappa shape index (κ2) is 10.3. The molecule has 2 N–H and O–H groups in total. The van der Waals surface area contributed by atoms with E-state index in [0.29, 0.717) is 16.8 Å². The fourth-order valence-electron chi connectivity index (χ4n) is 3.70. The molecule has 1 heterocycles. The van der Waals surface area contributed by atoms with E-state index in [2.05, 4.69) is 29.4 Å². The number of piperidine rings is 1. The predicted octanol–water partition coefficient (Wildman–Crippen LogP) is 5.02. The van der Waals surface area contributed by atoms with Crippen LogP contribution in [0.15, 0.2) is 42.5 Å². The van der Waals surface area contributed by atoms with Gasteiger partial charge in [0, 0.05) is 36.1 Å². The molecule has 0 aliphatic carbocycles. The van der Waals surface area contributed by atoms with E-state index in [0.717, 1.165) is 44.5 Å². The highest BCUT2D eigenvalue weighted by atomic mass is 16.2. The summed E-state index contributed by atoms with van der Waals surface area (Å²) in [5.74, 6) is -0.259. The van der Waals surface area contributed by atoms with Crippen molar-refractivity contribution in [3.8, 4) is 0 Å². The minimum atomic E-state index is -0.170. The molecule has 1 fully saturated rings. The number of carbonyl (C=O) groups excluding carboxylic acids is 2. The summed E-state index contributed by atoms with van der Waals surface area (Å²) in [7, 11) is 0. The third-order valence-corrected chi connectivity index (χ3v) is 5.81. The topological polar surface area (TPSA) is 61.4 Å². The molecule has 0 spiro atoms. The molecule has 1 saturated heterocycles. The minimum Gasteiger partial charge on any atom is -0.371 e. The van der Waals surface area contributed by atoms with Gasteiger partial charge in [-0.05, 0) is 74.9 Å². The molecule has 2 aromatic carbocycles. The smallest absolute Gasteiger partial charge is 0.255 e. The van der Waals surface area contributed by atoms with Gasteiger partial charge in [-0.3, -0.25) is 9.59 Å². The Morgan fingerprint density at radius 1 is 0.967 bits per heavy atom. The van der Waals surface area contributed by atoms with Gasteiger partial charge < -0.3 is 15.5 Å². The highest BCUT2D eigenvalue weighted by molar-refractivity contribution is 6.06. The van der Waals surface area contributed by atoms with Crippen LogP contribution in [-0.2, 0) is 6.42 Å². The molecule has 1 atom stereocenters. The number of anilines is 2. The molecule has 3 rings (SSSR count). The van der Waals surface area contributed by atoms with Crippen molar-refractivity contribution >= 4 is 23.2 Å². The second-order valence-corrected chi connectivity index (χ2v) is 8.07. The molecule has 0 unspecified atom stereocenters. The number of hydrogen-bond donors (Lipinski definition) is 2. The molecule has 5 nitrogen and oxygen atoms in total. The van der Waals surface area contributed by atoms with Gasteiger partial charge in [-0.25, -0.2) is 0 Å². The van der Waals surface area contributed by atoms with E-state index in [1.807, 2.05) is 43.3 Å². The number of hydrogen-bond acceptors (Lipinski definition) is 3. The lowest BCUT2D eigenvalue weighted by Gasteiger charge is -2.31. The van der Waals surface area contributed by atoms with Crippen molar-refractivity contribution in [3.05, 3.63) is 59.2 Å². The molecule has 0 aromatic heterocycles. The summed E-state index contributed by atoms with van der Waals surface area (Å²) in [5, 5.41) is 6.02. The van der Waals surface area contributed by atoms with E-state index >= 15 is 0 Å². The molecule has 160 valence electrons. The van der Waals surface area contributed by atoms with Crippen molar-refractivity contribution < 1.29 is 9.59 Å². The Balaban J connectivity index is 1.84. The second-order valence-electron chi connectivity index (χ2n) is 8.07. The average molecular weight is 408 g/mol. The van der Waals surface area contributed by atoms with Crippen molar-refractivity contribution in [2.75, 3.05) is 23.3 Å². The van der Waals surface area contributed by atoms with Gasteiger partial charge in [0.25, 0.3) is 11.8 Å². The number of benzene rings is 2. The van der Waals surface area contributed by atoms with Crippen molar-refractivity contribution in [1.82, 2.24) is 5.32 Å². The molecule has 0 bridgehead atoms. The molecule has 2 amide bonds. The monoisotopic (exact) mass is 407 g/mol. The van der Waals surface area contributed by atoms with Crippen LogP contribution < -0.4 is 15.5 Å². The molecular formula is C25H33N3O2. The SMILES string of the molecule is CCc1ccc(C(=O)Nc2ccc(N3CCCCC3)c(C(=O)N[C@H](C)CC)c2)cc1. The van der Waals surface area contributed by atoms with Crippen molar-refractivity contribution in [2.45, 2.75) is 58.9 Å². The van der Waals surface area contributed by atoms with E-state index in [1.54, 1.807) is 6.07 Å². The van der Waals surface area contributed by atoms with Crippen LogP contribution in [0.1, 0.15) is 72.7 Å².